The molecule has 0 saturated carbocycles. The van der Waals surface area contributed by atoms with E-state index in [1.165, 1.54) is 0 Å². The smallest absolute Gasteiger partial charge is 0.0466 e. The molecule has 2 aromatic rings. The maximum atomic E-state index is 2.68. The third-order valence-electron chi connectivity index (χ3n) is 5.75. The Balaban J connectivity index is 0.00000150. The zero-order valence-electron chi connectivity index (χ0n) is 22.3. The van der Waals surface area contributed by atoms with Crippen molar-refractivity contribution in [1.29, 1.82) is 0 Å². The van der Waals surface area contributed by atoms with Crippen LogP contribution in [0.25, 0.3) is 0 Å². The van der Waals surface area contributed by atoms with Gasteiger partial charge in [0, 0.05) is 59.7 Å². The minimum absolute atomic E-state index is 0. The quantitative estimate of drug-likeness (QED) is 0.166. The number of nitrogens with zero attached hydrogens (tertiary/aromatic N) is 4. The van der Waals surface area contributed by atoms with Crippen LogP contribution in [0.5, 0.6) is 0 Å². The Morgan fingerprint density at radius 2 is 0.939 bits per heavy atom. The first-order valence-electron chi connectivity index (χ1n) is 12.6. The molecule has 0 aliphatic rings. The summed E-state index contributed by atoms with van der Waals surface area (Å²) in [7, 11) is -0.879. The first-order chi connectivity index (χ1) is 15.6. The van der Waals surface area contributed by atoms with E-state index in [0.29, 0.717) is 0 Å². The molecule has 0 aliphatic carbocycles. The predicted octanol–water partition coefficient (Wildman–Crippen LogP) is 6.05. The standard InChI is InChI=1S/C21H43N4P2.C5H5.Fe/c1-9-22(10-2)26(23(11-3)12-4)20-18-17-19-21(20)27(24(13-5)14-6)25(15-7)16-8;1-2-4-5-3-1;/h17-19H,9-16H2,1-8H3;1-5H;/q-1;-5;. The average Bonchev–Trinajstić information content (AvgIpc) is 3.55. The van der Waals surface area contributed by atoms with E-state index < -0.39 is 16.4 Å². The van der Waals surface area contributed by atoms with Crippen molar-refractivity contribution in [2.75, 3.05) is 52.4 Å². The van der Waals surface area contributed by atoms with Crippen molar-refractivity contribution in [2.45, 2.75) is 55.4 Å². The molecule has 33 heavy (non-hydrogen) atoms. The largest absolute Gasteiger partial charge is 0.748 e. The number of hydrogen-bond acceptors (Lipinski definition) is 4. The predicted molar refractivity (Wildman–Crippen MR) is 149 cm³/mol. The molecule has 0 fully saturated rings. The van der Waals surface area contributed by atoms with Gasteiger partial charge in [0.1, 0.15) is 0 Å². The fourth-order valence-corrected chi connectivity index (χ4v) is 9.61. The topological polar surface area (TPSA) is 13.0 Å². The van der Waals surface area contributed by atoms with Crippen LogP contribution in [0, 0.1) is 0 Å². The van der Waals surface area contributed by atoms with Gasteiger partial charge in [0.2, 0.25) is 0 Å². The molecule has 0 atom stereocenters. The monoisotopic (exact) mass is 534 g/mol. The fourth-order valence-electron chi connectivity index (χ4n) is 3.99. The first kappa shape index (κ1) is 32.9. The van der Waals surface area contributed by atoms with Crippen molar-refractivity contribution in [2.24, 2.45) is 0 Å². The Morgan fingerprint density at radius 1 is 0.606 bits per heavy atom. The van der Waals surface area contributed by atoms with Gasteiger partial charge in [-0.2, -0.15) is 6.07 Å². The second-order valence-electron chi connectivity index (χ2n) is 7.39. The van der Waals surface area contributed by atoms with Gasteiger partial charge >= 0.3 is 0 Å². The van der Waals surface area contributed by atoms with Crippen LogP contribution in [0.3, 0.4) is 0 Å². The summed E-state index contributed by atoms with van der Waals surface area (Å²) in [6.07, 6.45) is 0. The van der Waals surface area contributed by atoms with Crippen LogP contribution < -0.4 is 10.6 Å². The maximum Gasteiger partial charge on any atom is 0.0466 e. The Hall–Kier alpha value is -0.0805. The Kier molecular flexibility index (Phi) is 19.1. The van der Waals surface area contributed by atoms with Gasteiger partial charge in [-0.25, -0.2) is 12.1 Å². The third kappa shape index (κ3) is 9.47. The van der Waals surface area contributed by atoms with Crippen molar-refractivity contribution in [1.82, 2.24) is 18.7 Å². The second-order valence-corrected chi connectivity index (χ2v) is 11.8. The summed E-state index contributed by atoms with van der Waals surface area (Å²) in [6, 6.07) is 17.1. The first-order valence-corrected chi connectivity index (χ1v) is 15.1. The van der Waals surface area contributed by atoms with Gasteiger partial charge < -0.3 is 30.3 Å². The Bertz CT molecular complexity index is 580. The molecule has 0 aliphatic heterocycles. The molecule has 0 heterocycles. The molecule has 0 unspecified atom stereocenters. The Labute approximate surface area is 218 Å². The normalized spacial score (nSPS) is 11.6. The Morgan fingerprint density at radius 3 is 1.24 bits per heavy atom. The molecule has 0 N–H and O–H groups in total. The van der Waals surface area contributed by atoms with Crippen molar-refractivity contribution in [3.8, 4) is 0 Å². The van der Waals surface area contributed by atoms with E-state index in [-0.39, 0.29) is 17.1 Å². The molecule has 7 heteroatoms. The SMILES string of the molecule is CCN(CC)P(c1ccc[c-]1P(N(CC)CC)N(CC)CC)N(CC)CC.[Fe].[cH-]1[cH-][cH-][cH-][cH-]1. The van der Waals surface area contributed by atoms with E-state index in [1.807, 2.05) is 30.3 Å². The van der Waals surface area contributed by atoms with Crippen LogP contribution in [-0.2, 0) is 17.1 Å². The van der Waals surface area contributed by atoms with E-state index >= 15 is 0 Å². The average molecular weight is 534 g/mol. The summed E-state index contributed by atoms with van der Waals surface area (Å²) in [4.78, 5) is 0. The minimum Gasteiger partial charge on any atom is -0.748 e. The van der Waals surface area contributed by atoms with Gasteiger partial charge in [-0.1, -0.05) is 60.7 Å². The summed E-state index contributed by atoms with van der Waals surface area (Å²) in [5.74, 6) is 0. The van der Waals surface area contributed by atoms with Crippen LogP contribution >= 0.6 is 16.4 Å². The van der Waals surface area contributed by atoms with Crippen LogP contribution in [0.4, 0.5) is 0 Å². The summed E-state index contributed by atoms with van der Waals surface area (Å²) in [6.45, 7) is 27.3. The summed E-state index contributed by atoms with van der Waals surface area (Å²) in [5, 5.41) is 3.17. The molecule has 0 bridgehead atoms. The van der Waals surface area contributed by atoms with E-state index in [2.05, 4.69) is 92.3 Å². The molecule has 2 rings (SSSR count). The van der Waals surface area contributed by atoms with E-state index in [4.69, 9.17) is 0 Å². The van der Waals surface area contributed by atoms with Crippen LogP contribution in [0.2, 0.25) is 0 Å². The summed E-state index contributed by atoms with van der Waals surface area (Å²) in [5.41, 5.74) is 0. The van der Waals surface area contributed by atoms with Crippen molar-refractivity contribution < 1.29 is 17.1 Å². The van der Waals surface area contributed by atoms with E-state index in [1.54, 1.807) is 10.6 Å². The summed E-state index contributed by atoms with van der Waals surface area (Å²) >= 11 is 0. The zero-order valence-corrected chi connectivity index (χ0v) is 25.2. The van der Waals surface area contributed by atoms with Gasteiger partial charge in [0.05, 0.1) is 0 Å². The molecule has 4 nitrogen and oxygen atoms in total. The maximum absolute atomic E-state index is 2.68. The van der Waals surface area contributed by atoms with E-state index in [9.17, 15) is 0 Å². The molecule has 0 amide bonds. The molecule has 0 radical (unpaired) electrons. The minimum atomic E-state index is -0.439. The van der Waals surface area contributed by atoms with Crippen LogP contribution in [0.15, 0.2) is 48.5 Å². The molecule has 0 spiro atoms. The van der Waals surface area contributed by atoms with E-state index in [0.717, 1.165) is 52.4 Å². The van der Waals surface area contributed by atoms with Gasteiger partial charge in [-0.15, -0.1) is 5.30 Å². The number of rotatable bonds is 14. The van der Waals surface area contributed by atoms with Crippen molar-refractivity contribution >= 4 is 27.1 Å². The van der Waals surface area contributed by atoms with Gasteiger partial charge in [-0.05, 0) is 26.2 Å². The van der Waals surface area contributed by atoms with Crippen molar-refractivity contribution in [3.63, 3.8) is 0 Å². The van der Waals surface area contributed by atoms with Crippen molar-refractivity contribution in [3.05, 3.63) is 48.5 Å². The van der Waals surface area contributed by atoms with Gasteiger partial charge in [0.15, 0.2) is 0 Å². The number of hydrogen-bond donors (Lipinski definition) is 0. The third-order valence-corrected chi connectivity index (χ3v) is 12.0. The summed E-state index contributed by atoms with van der Waals surface area (Å²) < 4.78 is 10.7. The molecule has 0 aromatic heterocycles. The van der Waals surface area contributed by atoms with Gasteiger partial charge in [0.25, 0.3) is 0 Å². The van der Waals surface area contributed by atoms with Crippen LogP contribution in [-0.4, -0.2) is 71.0 Å². The second kappa shape index (κ2) is 19.1. The van der Waals surface area contributed by atoms with Crippen LogP contribution in [0.1, 0.15) is 55.4 Å². The van der Waals surface area contributed by atoms with Gasteiger partial charge in [-0.3, -0.25) is 18.7 Å². The fraction of sp³-hybridized carbons (Fsp3) is 0.615. The molecule has 2 aromatic carbocycles. The molecule has 0 saturated heterocycles. The zero-order chi connectivity index (χ0) is 23.9. The molecule has 196 valence electrons. The molecular formula is C26H48FeN4P2-6. The molecular weight excluding hydrogens is 486 g/mol.